The second kappa shape index (κ2) is 12.4. The molecular weight excluding hydrogens is 170 g/mol. The van der Waals surface area contributed by atoms with Crippen LogP contribution >= 0.6 is 0 Å². The third-order valence-corrected chi connectivity index (χ3v) is 2.05. The van der Waals surface area contributed by atoms with Crippen LogP contribution in [0.2, 0.25) is 0 Å². The number of hydrogen-bond acceptors (Lipinski definition) is 1. The summed E-state index contributed by atoms with van der Waals surface area (Å²) in [6.07, 6.45) is 2.63. The fourth-order valence-corrected chi connectivity index (χ4v) is 1.28. The lowest BCUT2D eigenvalue weighted by Gasteiger charge is -2.26. The number of piperidine rings is 1. The Labute approximate surface area is 90.9 Å². The van der Waals surface area contributed by atoms with Crippen molar-refractivity contribution in [1.82, 2.24) is 4.90 Å². The van der Waals surface area contributed by atoms with Gasteiger partial charge in [0.2, 0.25) is 0 Å². The number of likely N-dealkylation sites (tertiary alicyclic amines) is 1. The van der Waals surface area contributed by atoms with Gasteiger partial charge < -0.3 is 4.90 Å². The minimum absolute atomic E-state index is 0.912. The Kier molecular flexibility index (Phi) is 14.0. The highest BCUT2D eigenvalue weighted by Crippen LogP contribution is 2.14. The van der Waals surface area contributed by atoms with E-state index in [-0.39, 0.29) is 0 Å². The van der Waals surface area contributed by atoms with E-state index in [2.05, 4.69) is 23.8 Å². The first-order valence-corrected chi connectivity index (χ1v) is 6.00. The molecule has 1 fully saturated rings. The van der Waals surface area contributed by atoms with Gasteiger partial charge in [0.05, 0.1) is 0 Å². The monoisotopic (exact) mass is 197 g/mol. The van der Waals surface area contributed by atoms with Crippen LogP contribution in [0.3, 0.4) is 0 Å². The van der Waals surface area contributed by atoms with E-state index in [1.807, 2.05) is 34.6 Å². The second-order valence-electron chi connectivity index (χ2n) is 3.03. The van der Waals surface area contributed by atoms with Crippen LogP contribution in [0.25, 0.3) is 0 Å². The van der Waals surface area contributed by atoms with Gasteiger partial charge >= 0.3 is 0 Å². The maximum Gasteiger partial charge on any atom is 0.0263 e. The zero-order valence-electron chi connectivity index (χ0n) is 10.9. The number of rotatable bonds is 0. The number of nitrogens with zero attached hydrogens (tertiary/aromatic N) is 1. The highest BCUT2D eigenvalue weighted by Gasteiger charge is 2.12. The third-order valence-electron chi connectivity index (χ3n) is 2.05. The molecule has 1 aliphatic rings. The first-order valence-electron chi connectivity index (χ1n) is 6.00. The van der Waals surface area contributed by atoms with Gasteiger partial charge in [0, 0.05) is 19.1 Å². The molecule has 0 N–H and O–H groups in total. The smallest absolute Gasteiger partial charge is 0.0263 e. The van der Waals surface area contributed by atoms with Crippen molar-refractivity contribution in [3.8, 4) is 12.0 Å². The van der Waals surface area contributed by atoms with E-state index in [1.165, 1.54) is 25.9 Å². The molecule has 1 heteroatoms. The van der Waals surface area contributed by atoms with Gasteiger partial charge in [-0.2, -0.15) is 0 Å². The Morgan fingerprint density at radius 2 is 1.43 bits per heavy atom. The van der Waals surface area contributed by atoms with Gasteiger partial charge in [0.25, 0.3) is 0 Å². The number of hydrogen-bond donors (Lipinski definition) is 0. The predicted molar refractivity (Wildman–Crippen MR) is 66.1 cm³/mol. The fraction of sp³-hybridized carbons (Fsp3) is 0.846. The van der Waals surface area contributed by atoms with E-state index < -0.39 is 0 Å². The molecule has 1 saturated heterocycles. The predicted octanol–water partition coefficient (Wildman–Crippen LogP) is 3.75. The molecule has 0 aliphatic carbocycles. The summed E-state index contributed by atoms with van der Waals surface area (Å²) >= 11 is 0. The molecule has 0 amide bonds. The van der Waals surface area contributed by atoms with E-state index >= 15 is 0 Å². The van der Waals surface area contributed by atoms with Gasteiger partial charge in [-0.25, -0.2) is 0 Å². The normalized spacial score (nSPS) is 15.1. The zero-order chi connectivity index (χ0) is 11.4. The van der Waals surface area contributed by atoms with Crippen LogP contribution < -0.4 is 0 Å². The summed E-state index contributed by atoms with van der Waals surface area (Å²) in [5, 5.41) is 0. The van der Waals surface area contributed by atoms with Gasteiger partial charge in [-0.1, -0.05) is 40.5 Å². The lowest BCUT2D eigenvalue weighted by atomic mass is 10.00. The maximum absolute atomic E-state index is 3.09. The third kappa shape index (κ3) is 7.98. The Morgan fingerprint density at radius 1 is 1.00 bits per heavy atom. The fourth-order valence-electron chi connectivity index (χ4n) is 1.28. The Bertz CT molecular complexity index is 144. The van der Waals surface area contributed by atoms with Crippen molar-refractivity contribution in [3.05, 3.63) is 0 Å². The second-order valence-corrected chi connectivity index (χ2v) is 3.03. The zero-order valence-corrected chi connectivity index (χ0v) is 10.9. The molecule has 1 aliphatic heterocycles. The SMILES string of the molecule is CC.CC.CC#CN1CCC(C)CC1. The summed E-state index contributed by atoms with van der Waals surface area (Å²) in [6, 6.07) is 3.09. The van der Waals surface area contributed by atoms with Crippen LogP contribution in [0.4, 0.5) is 0 Å². The average Bonchev–Trinajstić information content (AvgIpc) is 2.28. The molecule has 0 bridgehead atoms. The molecular formula is C13H27N. The molecule has 0 aromatic rings. The first-order chi connectivity index (χ1) is 6.83. The van der Waals surface area contributed by atoms with Crippen LogP contribution in [0.15, 0.2) is 0 Å². The lowest BCUT2D eigenvalue weighted by Crippen LogP contribution is -2.28. The molecule has 0 atom stereocenters. The molecule has 0 radical (unpaired) electrons. The summed E-state index contributed by atoms with van der Waals surface area (Å²) in [5.41, 5.74) is 0. The molecule has 14 heavy (non-hydrogen) atoms. The molecule has 0 saturated carbocycles. The van der Waals surface area contributed by atoms with Gasteiger partial charge in [0.15, 0.2) is 0 Å². The van der Waals surface area contributed by atoms with Crippen molar-refractivity contribution >= 4 is 0 Å². The molecule has 84 valence electrons. The van der Waals surface area contributed by atoms with Gasteiger partial charge in [-0.05, 0) is 25.7 Å². The van der Waals surface area contributed by atoms with E-state index in [0.29, 0.717) is 0 Å². The molecule has 1 heterocycles. The van der Waals surface area contributed by atoms with Crippen LogP contribution in [0, 0.1) is 17.9 Å². The Hall–Kier alpha value is -0.640. The summed E-state index contributed by atoms with van der Waals surface area (Å²) in [4.78, 5) is 2.22. The largest absolute Gasteiger partial charge is 0.333 e. The van der Waals surface area contributed by atoms with E-state index in [1.54, 1.807) is 0 Å². The lowest BCUT2D eigenvalue weighted by molar-refractivity contribution is 0.268. The van der Waals surface area contributed by atoms with Crippen molar-refractivity contribution in [3.63, 3.8) is 0 Å². The van der Waals surface area contributed by atoms with E-state index in [0.717, 1.165) is 5.92 Å². The Morgan fingerprint density at radius 3 is 1.79 bits per heavy atom. The van der Waals surface area contributed by atoms with E-state index in [4.69, 9.17) is 0 Å². The van der Waals surface area contributed by atoms with Crippen LogP contribution in [0.5, 0.6) is 0 Å². The highest BCUT2D eigenvalue weighted by atomic mass is 15.1. The maximum atomic E-state index is 3.09. The van der Waals surface area contributed by atoms with Crippen LogP contribution in [0.1, 0.15) is 54.4 Å². The summed E-state index contributed by atoms with van der Waals surface area (Å²) in [5.74, 6) is 3.84. The summed E-state index contributed by atoms with van der Waals surface area (Å²) < 4.78 is 0. The first kappa shape index (κ1) is 15.8. The van der Waals surface area contributed by atoms with Crippen molar-refractivity contribution in [2.75, 3.05) is 13.1 Å². The van der Waals surface area contributed by atoms with Gasteiger partial charge in [-0.3, -0.25) is 0 Å². The van der Waals surface area contributed by atoms with Crippen molar-refractivity contribution in [2.24, 2.45) is 5.92 Å². The molecule has 0 aromatic heterocycles. The summed E-state index contributed by atoms with van der Waals surface area (Å²) in [7, 11) is 0. The Balaban J connectivity index is 0. The highest BCUT2D eigenvalue weighted by molar-refractivity contribution is 4.96. The summed E-state index contributed by atoms with van der Waals surface area (Å²) in [6.45, 7) is 14.6. The van der Waals surface area contributed by atoms with Gasteiger partial charge in [0.1, 0.15) is 0 Å². The molecule has 0 aromatic carbocycles. The minimum Gasteiger partial charge on any atom is -0.333 e. The average molecular weight is 197 g/mol. The topological polar surface area (TPSA) is 3.24 Å². The molecule has 0 unspecified atom stereocenters. The van der Waals surface area contributed by atoms with Gasteiger partial charge in [-0.15, -0.1) is 0 Å². The minimum atomic E-state index is 0.912. The standard InChI is InChI=1S/C9H15N.2C2H6/c1-3-6-10-7-4-9(2)5-8-10;2*1-2/h9H,4-5,7-8H2,1-2H3;2*1-2H3. The van der Waals surface area contributed by atoms with E-state index in [9.17, 15) is 0 Å². The van der Waals surface area contributed by atoms with Crippen molar-refractivity contribution in [2.45, 2.75) is 54.4 Å². The molecule has 1 rings (SSSR count). The van der Waals surface area contributed by atoms with Crippen LogP contribution in [-0.4, -0.2) is 18.0 Å². The van der Waals surface area contributed by atoms with Crippen molar-refractivity contribution in [1.29, 1.82) is 0 Å². The van der Waals surface area contributed by atoms with Crippen molar-refractivity contribution < 1.29 is 0 Å². The molecule has 0 spiro atoms. The molecule has 1 nitrogen and oxygen atoms in total. The van der Waals surface area contributed by atoms with Crippen LogP contribution in [-0.2, 0) is 0 Å². The quantitative estimate of drug-likeness (QED) is 0.535.